The number of hydrogen-bond donors (Lipinski definition) is 2. The Hall–Kier alpha value is -1.12. The van der Waals surface area contributed by atoms with Gasteiger partial charge in [-0.3, -0.25) is 0 Å². The molecule has 1 aliphatic heterocycles. The van der Waals surface area contributed by atoms with E-state index in [9.17, 15) is 17.4 Å². The van der Waals surface area contributed by atoms with Gasteiger partial charge < -0.3 is 10.2 Å². The van der Waals surface area contributed by atoms with Crippen LogP contribution in [0.15, 0.2) is 18.2 Å². The van der Waals surface area contributed by atoms with Gasteiger partial charge in [0.25, 0.3) is 0 Å². The summed E-state index contributed by atoms with van der Waals surface area (Å²) < 4.78 is 55.6. The van der Waals surface area contributed by atoms with Gasteiger partial charge in [0.1, 0.15) is 0 Å². The monoisotopic (exact) mass is 419 g/mol. The predicted molar refractivity (Wildman–Crippen MR) is 110 cm³/mol. The maximum absolute atomic E-state index is 13.4. The van der Waals surface area contributed by atoms with Crippen molar-refractivity contribution in [2.75, 3.05) is 31.1 Å². The van der Waals surface area contributed by atoms with E-state index in [1.54, 1.807) is 6.07 Å². The number of piperazine rings is 1. The molecule has 0 aromatic heterocycles. The van der Waals surface area contributed by atoms with E-state index in [0.29, 0.717) is 12.0 Å². The molecule has 0 amide bonds. The molecule has 160 valence electrons. The number of halogens is 3. The third-order valence-corrected chi connectivity index (χ3v) is 6.31. The summed E-state index contributed by atoms with van der Waals surface area (Å²) in [6.07, 6.45) is -3.81. The van der Waals surface area contributed by atoms with Crippen molar-refractivity contribution >= 4 is 16.7 Å². The highest BCUT2D eigenvalue weighted by molar-refractivity contribution is 7.84. The van der Waals surface area contributed by atoms with E-state index >= 15 is 0 Å². The van der Waals surface area contributed by atoms with Gasteiger partial charge in [-0.05, 0) is 56.9 Å². The highest BCUT2D eigenvalue weighted by Crippen LogP contribution is 2.37. The third-order valence-electron chi connectivity index (χ3n) is 4.70. The zero-order chi connectivity index (χ0) is 21.1. The second-order valence-corrected chi connectivity index (χ2v) is 10.7. The predicted octanol–water partition coefficient (Wildman–Crippen LogP) is 4.25. The Morgan fingerprint density at radius 1 is 1.18 bits per heavy atom. The number of nitrogens with one attached hydrogen (secondary N) is 2. The van der Waals surface area contributed by atoms with Crippen molar-refractivity contribution in [3.05, 3.63) is 29.3 Å². The lowest BCUT2D eigenvalue weighted by Crippen LogP contribution is -2.44. The van der Waals surface area contributed by atoms with Crippen LogP contribution in [0.25, 0.3) is 0 Å². The lowest BCUT2D eigenvalue weighted by Gasteiger charge is -2.34. The van der Waals surface area contributed by atoms with Crippen molar-refractivity contribution in [2.24, 2.45) is 5.92 Å². The lowest BCUT2D eigenvalue weighted by molar-refractivity contribution is -0.137. The summed E-state index contributed by atoms with van der Waals surface area (Å²) in [5, 5.41) is 3.27. The molecule has 1 aromatic rings. The standard InChI is InChI=1S/C20H32F3N3OS/c1-14(2)12-17(25-28(27)19(3,4)5)16-13-15(20(21,22)23)6-7-18(16)26-10-8-24-9-11-26/h6-7,13-14,17,24-25H,8-12H2,1-5H3/t17-,28-/m0/s1. The second-order valence-electron chi connectivity index (χ2n) is 8.69. The molecular weight excluding hydrogens is 387 g/mol. The average Bonchev–Trinajstić information content (AvgIpc) is 2.59. The molecule has 0 unspecified atom stereocenters. The van der Waals surface area contributed by atoms with Gasteiger partial charge in [-0.25, -0.2) is 8.93 Å². The third kappa shape index (κ3) is 6.19. The highest BCUT2D eigenvalue weighted by atomic mass is 32.2. The van der Waals surface area contributed by atoms with Crippen molar-refractivity contribution in [1.29, 1.82) is 0 Å². The van der Waals surface area contributed by atoms with E-state index in [-0.39, 0.29) is 5.92 Å². The van der Waals surface area contributed by atoms with Gasteiger partial charge in [0, 0.05) is 37.9 Å². The Morgan fingerprint density at radius 3 is 2.29 bits per heavy atom. The molecule has 1 saturated heterocycles. The van der Waals surface area contributed by atoms with Gasteiger partial charge in [-0.2, -0.15) is 13.2 Å². The van der Waals surface area contributed by atoms with Crippen LogP contribution in [0.3, 0.4) is 0 Å². The van der Waals surface area contributed by atoms with E-state index in [4.69, 9.17) is 0 Å². The summed E-state index contributed by atoms with van der Waals surface area (Å²) in [6.45, 7) is 12.6. The average molecular weight is 420 g/mol. The van der Waals surface area contributed by atoms with Crippen LogP contribution in [-0.2, 0) is 17.2 Å². The molecule has 1 aliphatic rings. The first-order chi connectivity index (χ1) is 12.9. The van der Waals surface area contributed by atoms with Crippen molar-refractivity contribution in [3.8, 4) is 0 Å². The van der Waals surface area contributed by atoms with Gasteiger partial charge in [0.2, 0.25) is 0 Å². The van der Waals surface area contributed by atoms with Crippen molar-refractivity contribution < 1.29 is 17.4 Å². The number of alkyl halides is 3. The quantitative estimate of drug-likeness (QED) is 0.724. The van der Waals surface area contributed by atoms with Crippen LogP contribution in [0.1, 0.15) is 58.2 Å². The maximum Gasteiger partial charge on any atom is 0.416 e. The fourth-order valence-electron chi connectivity index (χ4n) is 3.22. The van der Waals surface area contributed by atoms with E-state index in [1.807, 2.05) is 34.6 Å². The molecule has 0 saturated carbocycles. The molecule has 2 rings (SSSR count). The summed E-state index contributed by atoms with van der Waals surface area (Å²) in [4.78, 5) is 2.11. The lowest BCUT2D eigenvalue weighted by atomic mass is 9.94. The SMILES string of the molecule is CC(C)C[C@H](N[S@@](=O)C(C)(C)C)c1cc(C(F)(F)F)ccc1N1CCNCC1. The Morgan fingerprint density at radius 2 is 1.79 bits per heavy atom. The Balaban J connectivity index is 2.51. The molecule has 1 aromatic carbocycles. The molecule has 0 aliphatic carbocycles. The van der Waals surface area contributed by atoms with Crippen LogP contribution in [0, 0.1) is 5.92 Å². The van der Waals surface area contributed by atoms with E-state index in [0.717, 1.165) is 37.9 Å². The van der Waals surface area contributed by atoms with Crippen molar-refractivity contribution in [1.82, 2.24) is 10.0 Å². The van der Waals surface area contributed by atoms with Gasteiger partial charge in [0.05, 0.1) is 21.3 Å². The van der Waals surface area contributed by atoms with Crippen LogP contribution >= 0.6 is 0 Å². The molecule has 0 radical (unpaired) electrons. The fraction of sp³-hybridized carbons (Fsp3) is 0.700. The van der Waals surface area contributed by atoms with Gasteiger partial charge >= 0.3 is 6.18 Å². The number of rotatable bonds is 6. The minimum atomic E-state index is -4.41. The van der Waals surface area contributed by atoms with Gasteiger partial charge in [-0.1, -0.05) is 13.8 Å². The number of benzene rings is 1. The summed E-state index contributed by atoms with van der Waals surface area (Å²) in [5.74, 6) is 0.236. The normalized spacial score (nSPS) is 18.4. The van der Waals surface area contributed by atoms with Crippen LogP contribution in [0.4, 0.5) is 18.9 Å². The molecule has 0 bridgehead atoms. The summed E-state index contributed by atoms with van der Waals surface area (Å²) in [5.41, 5.74) is 0.695. The van der Waals surface area contributed by atoms with Gasteiger partial charge in [-0.15, -0.1) is 0 Å². The fourth-order valence-corrected chi connectivity index (χ4v) is 4.05. The molecule has 28 heavy (non-hydrogen) atoms. The first-order valence-electron chi connectivity index (χ1n) is 9.74. The van der Waals surface area contributed by atoms with Crippen LogP contribution in [0.5, 0.6) is 0 Å². The molecular formula is C20H32F3N3OS. The number of nitrogens with zero attached hydrogens (tertiary/aromatic N) is 1. The number of anilines is 1. The molecule has 0 spiro atoms. The topological polar surface area (TPSA) is 44.4 Å². The maximum atomic E-state index is 13.4. The van der Waals surface area contributed by atoms with E-state index in [2.05, 4.69) is 14.9 Å². The Bertz CT molecular complexity index is 680. The smallest absolute Gasteiger partial charge is 0.369 e. The zero-order valence-corrected chi connectivity index (χ0v) is 18.1. The zero-order valence-electron chi connectivity index (χ0n) is 17.3. The molecule has 2 N–H and O–H groups in total. The summed E-state index contributed by atoms with van der Waals surface area (Å²) in [7, 11) is -1.39. The molecule has 2 atom stereocenters. The van der Waals surface area contributed by atoms with Gasteiger partial charge in [0.15, 0.2) is 0 Å². The van der Waals surface area contributed by atoms with E-state index in [1.165, 1.54) is 6.07 Å². The molecule has 4 nitrogen and oxygen atoms in total. The first kappa shape index (κ1) is 23.2. The van der Waals surface area contributed by atoms with E-state index < -0.39 is 33.5 Å². The summed E-state index contributed by atoms with van der Waals surface area (Å²) >= 11 is 0. The summed E-state index contributed by atoms with van der Waals surface area (Å²) in [6, 6.07) is 3.52. The van der Waals surface area contributed by atoms with Crippen LogP contribution in [0.2, 0.25) is 0 Å². The van der Waals surface area contributed by atoms with Crippen molar-refractivity contribution in [2.45, 2.75) is 58.0 Å². The number of hydrogen-bond acceptors (Lipinski definition) is 3. The Labute approximate surface area is 168 Å². The molecule has 8 heteroatoms. The molecule has 1 fully saturated rings. The minimum Gasteiger partial charge on any atom is -0.369 e. The molecule has 1 heterocycles. The van der Waals surface area contributed by atoms with Crippen LogP contribution < -0.4 is 14.9 Å². The second kappa shape index (κ2) is 9.13. The largest absolute Gasteiger partial charge is 0.416 e. The first-order valence-corrected chi connectivity index (χ1v) is 10.9. The van der Waals surface area contributed by atoms with Crippen LogP contribution in [-0.4, -0.2) is 35.1 Å². The Kier molecular flexibility index (Phi) is 7.56. The van der Waals surface area contributed by atoms with Crippen molar-refractivity contribution in [3.63, 3.8) is 0 Å². The minimum absolute atomic E-state index is 0.236. The highest BCUT2D eigenvalue weighted by Gasteiger charge is 2.33.